The monoisotopic (exact) mass is 347 g/mol. The Labute approximate surface area is 146 Å². The van der Waals surface area contributed by atoms with Gasteiger partial charge in [0, 0.05) is 41.1 Å². The number of ether oxygens (including phenoxy) is 1. The van der Waals surface area contributed by atoms with Crippen molar-refractivity contribution < 1.29 is 9.53 Å². The number of H-pyrrole nitrogens is 1. The zero-order chi connectivity index (χ0) is 16.8. The van der Waals surface area contributed by atoms with Gasteiger partial charge in [0.15, 0.2) is 0 Å². The molecule has 1 aromatic carbocycles. The Hall–Kier alpha value is -1.56. The molecule has 0 spiro atoms. The number of hydrogen-bond donors (Lipinski definition) is 2. The molecule has 2 N–H and O–H groups in total. The van der Waals surface area contributed by atoms with Crippen LogP contribution in [0.2, 0.25) is 5.02 Å². The normalized spacial score (nSPS) is 27.4. The molecular weight excluding hydrogens is 326 g/mol. The Morgan fingerprint density at radius 2 is 2.25 bits per heavy atom. The van der Waals surface area contributed by atoms with Crippen molar-refractivity contribution in [1.82, 2.24) is 15.2 Å². The van der Waals surface area contributed by atoms with Crippen molar-refractivity contribution in [2.75, 3.05) is 19.7 Å². The highest BCUT2D eigenvalue weighted by molar-refractivity contribution is 6.31. The van der Waals surface area contributed by atoms with Crippen LogP contribution in [-0.4, -0.2) is 53.7 Å². The number of benzene rings is 1. The maximum Gasteiger partial charge on any atom is 0.268 e. The Balaban J connectivity index is 1.50. The molecule has 2 fully saturated rings. The fraction of sp³-hybridized carbons (Fsp3) is 0.500. The summed E-state index contributed by atoms with van der Waals surface area (Å²) in [7, 11) is 0. The number of amides is 1. The molecule has 2 aliphatic rings. The second kappa shape index (κ2) is 6.06. The van der Waals surface area contributed by atoms with E-state index in [0.29, 0.717) is 16.8 Å². The number of hydrogen-bond acceptors (Lipinski definition) is 3. The number of rotatable bonds is 2. The van der Waals surface area contributed by atoms with Crippen LogP contribution in [0.3, 0.4) is 0 Å². The Kier molecular flexibility index (Phi) is 4.03. The molecule has 6 heteroatoms. The van der Waals surface area contributed by atoms with Gasteiger partial charge in [0.25, 0.3) is 5.91 Å². The van der Waals surface area contributed by atoms with Crippen LogP contribution >= 0.6 is 11.6 Å². The zero-order valence-electron chi connectivity index (χ0n) is 13.9. The summed E-state index contributed by atoms with van der Waals surface area (Å²) >= 11 is 6.07. The van der Waals surface area contributed by atoms with Gasteiger partial charge in [-0.25, -0.2) is 0 Å². The first-order valence-electron chi connectivity index (χ1n) is 8.45. The van der Waals surface area contributed by atoms with Gasteiger partial charge in [-0.05, 0) is 44.0 Å². The molecule has 128 valence electrons. The number of carbonyl (C=O) groups is 1. The van der Waals surface area contributed by atoms with Crippen molar-refractivity contribution in [2.24, 2.45) is 0 Å². The van der Waals surface area contributed by atoms with Crippen LogP contribution in [-0.2, 0) is 4.74 Å². The summed E-state index contributed by atoms with van der Waals surface area (Å²) in [6.45, 7) is 6.66. The third-order valence-electron chi connectivity index (χ3n) is 5.18. The molecule has 5 nitrogen and oxygen atoms in total. The number of nitrogens with zero attached hydrogens (tertiary/aromatic N) is 1. The first-order valence-corrected chi connectivity index (χ1v) is 8.83. The molecule has 0 saturated carbocycles. The van der Waals surface area contributed by atoms with E-state index in [1.807, 2.05) is 25.1 Å². The van der Waals surface area contributed by atoms with Crippen LogP contribution in [0.5, 0.6) is 0 Å². The van der Waals surface area contributed by atoms with Crippen LogP contribution in [0.25, 0.3) is 10.9 Å². The molecule has 2 aromatic rings. The zero-order valence-corrected chi connectivity index (χ0v) is 14.7. The summed E-state index contributed by atoms with van der Waals surface area (Å²) in [5.74, 6) is -0.0429. The highest BCUT2D eigenvalue weighted by Gasteiger charge is 2.37. The molecular formula is C18H22ClN3O2. The largest absolute Gasteiger partial charge is 0.376 e. The van der Waals surface area contributed by atoms with Crippen molar-refractivity contribution >= 4 is 28.4 Å². The molecule has 1 aromatic heterocycles. The number of carbonyl (C=O) groups excluding carboxylic acids is 1. The summed E-state index contributed by atoms with van der Waals surface area (Å²) in [5.41, 5.74) is 2.51. The lowest BCUT2D eigenvalue weighted by atomic mass is 10.1. The average Bonchev–Trinajstić information content (AvgIpc) is 3.08. The SMILES string of the molecule is Cc1c(C(=O)N[C@@H]2C[C@H]3CO[C@H](C)CN3C2)[nH]c2ccc(Cl)cc12. The highest BCUT2D eigenvalue weighted by atomic mass is 35.5. The molecule has 1 amide bonds. The van der Waals surface area contributed by atoms with Gasteiger partial charge < -0.3 is 15.0 Å². The first-order chi connectivity index (χ1) is 11.5. The van der Waals surface area contributed by atoms with E-state index < -0.39 is 0 Å². The van der Waals surface area contributed by atoms with Crippen LogP contribution in [0.4, 0.5) is 0 Å². The fourth-order valence-corrected chi connectivity index (χ4v) is 4.10. The van der Waals surface area contributed by atoms with Crippen molar-refractivity contribution in [3.05, 3.63) is 34.5 Å². The predicted octanol–water partition coefficient (Wildman–Crippen LogP) is 2.72. The molecule has 4 rings (SSSR count). The van der Waals surface area contributed by atoms with Gasteiger partial charge in [-0.1, -0.05) is 11.6 Å². The number of morpholine rings is 1. The van der Waals surface area contributed by atoms with E-state index in [-0.39, 0.29) is 18.1 Å². The molecule has 0 unspecified atom stereocenters. The lowest BCUT2D eigenvalue weighted by Gasteiger charge is -2.33. The van der Waals surface area contributed by atoms with Gasteiger partial charge >= 0.3 is 0 Å². The molecule has 0 aliphatic carbocycles. The average molecular weight is 348 g/mol. The molecule has 2 aliphatic heterocycles. The smallest absolute Gasteiger partial charge is 0.268 e. The first kappa shape index (κ1) is 15.9. The minimum Gasteiger partial charge on any atom is -0.376 e. The van der Waals surface area contributed by atoms with Gasteiger partial charge in [0.2, 0.25) is 0 Å². The van der Waals surface area contributed by atoms with E-state index in [0.717, 1.165) is 42.6 Å². The molecule has 24 heavy (non-hydrogen) atoms. The molecule has 2 saturated heterocycles. The van der Waals surface area contributed by atoms with E-state index in [1.54, 1.807) is 0 Å². The number of fused-ring (bicyclic) bond motifs is 2. The number of aryl methyl sites for hydroxylation is 1. The van der Waals surface area contributed by atoms with Crippen LogP contribution in [0.1, 0.15) is 29.4 Å². The third-order valence-corrected chi connectivity index (χ3v) is 5.41. The van der Waals surface area contributed by atoms with E-state index in [9.17, 15) is 4.79 Å². The van der Waals surface area contributed by atoms with Crippen molar-refractivity contribution in [3.63, 3.8) is 0 Å². The van der Waals surface area contributed by atoms with Gasteiger partial charge in [-0.3, -0.25) is 9.69 Å². The Bertz CT molecular complexity index is 788. The Morgan fingerprint density at radius 3 is 3.08 bits per heavy atom. The molecule has 0 radical (unpaired) electrons. The third kappa shape index (κ3) is 2.81. The van der Waals surface area contributed by atoms with Crippen molar-refractivity contribution in [1.29, 1.82) is 0 Å². The van der Waals surface area contributed by atoms with Gasteiger partial charge in [0.1, 0.15) is 5.69 Å². The minimum absolute atomic E-state index is 0.0429. The van der Waals surface area contributed by atoms with Crippen LogP contribution in [0, 0.1) is 6.92 Å². The highest BCUT2D eigenvalue weighted by Crippen LogP contribution is 2.26. The van der Waals surface area contributed by atoms with E-state index >= 15 is 0 Å². The quantitative estimate of drug-likeness (QED) is 0.878. The topological polar surface area (TPSA) is 57.4 Å². The number of aromatic nitrogens is 1. The Morgan fingerprint density at radius 1 is 1.42 bits per heavy atom. The fourth-order valence-electron chi connectivity index (χ4n) is 3.93. The van der Waals surface area contributed by atoms with Crippen LogP contribution < -0.4 is 5.32 Å². The van der Waals surface area contributed by atoms with E-state index in [1.165, 1.54) is 0 Å². The van der Waals surface area contributed by atoms with E-state index in [4.69, 9.17) is 16.3 Å². The minimum atomic E-state index is -0.0429. The maximum absolute atomic E-state index is 12.7. The summed E-state index contributed by atoms with van der Waals surface area (Å²) in [4.78, 5) is 18.4. The molecule has 3 atom stereocenters. The second-order valence-electron chi connectivity index (χ2n) is 6.97. The lowest BCUT2D eigenvalue weighted by Crippen LogP contribution is -2.45. The molecule has 0 bridgehead atoms. The van der Waals surface area contributed by atoms with E-state index in [2.05, 4.69) is 22.1 Å². The molecule has 3 heterocycles. The predicted molar refractivity (Wildman–Crippen MR) is 94.7 cm³/mol. The maximum atomic E-state index is 12.7. The summed E-state index contributed by atoms with van der Waals surface area (Å²) in [6.07, 6.45) is 1.22. The van der Waals surface area contributed by atoms with Crippen molar-refractivity contribution in [3.8, 4) is 0 Å². The van der Waals surface area contributed by atoms with Gasteiger partial charge in [0.05, 0.1) is 12.7 Å². The van der Waals surface area contributed by atoms with Crippen LogP contribution in [0.15, 0.2) is 18.2 Å². The number of halogens is 1. The van der Waals surface area contributed by atoms with Gasteiger partial charge in [-0.2, -0.15) is 0 Å². The standard InChI is InChI=1S/C18H22ClN3O2/c1-10-7-22-8-13(6-14(22)9-24-10)20-18(23)17-11(2)15-5-12(19)3-4-16(15)21-17/h3-5,10,13-14,21H,6-9H2,1-2H3,(H,20,23)/t10-,13-,14+/m1/s1. The second-order valence-corrected chi connectivity index (χ2v) is 7.41. The number of nitrogens with one attached hydrogen (secondary N) is 2. The summed E-state index contributed by atoms with van der Waals surface area (Å²) in [5, 5.41) is 4.86. The number of aromatic amines is 1. The van der Waals surface area contributed by atoms with Crippen molar-refractivity contribution in [2.45, 2.75) is 38.5 Å². The van der Waals surface area contributed by atoms with Gasteiger partial charge in [-0.15, -0.1) is 0 Å². The summed E-state index contributed by atoms with van der Waals surface area (Å²) in [6, 6.07) is 6.24. The summed E-state index contributed by atoms with van der Waals surface area (Å²) < 4.78 is 5.73. The lowest BCUT2D eigenvalue weighted by molar-refractivity contribution is -0.0390.